The quantitative estimate of drug-likeness (QED) is 0.640. The van der Waals surface area contributed by atoms with Crippen molar-refractivity contribution in [3.8, 4) is 0 Å². The number of piperidine rings is 1. The average Bonchev–Trinajstić information content (AvgIpc) is 2.27. The third-order valence-corrected chi connectivity index (χ3v) is 5.42. The van der Waals surface area contributed by atoms with Gasteiger partial charge in [0.25, 0.3) is 0 Å². The van der Waals surface area contributed by atoms with Crippen LogP contribution in [-0.4, -0.2) is 32.5 Å². The number of hydrogen-bond donors (Lipinski definition) is 1. The van der Waals surface area contributed by atoms with E-state index in [1.807, 2.05) is 0 Å². The Morgan fingerprint density at radius 3 is 2.83 bits per heavy atom. The Labute approximate surface area is 73.5 Å². The van der Waals surface area contributed by atoms with E-state index in [-0.39, 0.29) is 0 Å². The summed E-state index contributed by atoms with van der Waals surface area (Å²) in [6, 6.07) is 0. The third-order valence-electron chi connectivity index (χ3n) is 3.34. The molecule has 0 aromatic heterocycles. The van der Waals surface area contributed by atoms with Gasteiger partial charge in [0.15, 0.2) is 9.84 Å². The summed E-state index contributed by atoms with van der Waals surface area (Å²) in [5, 5.41) is 3.21. The number of hydrogen-bond acceptors (Lipinski definition) is 3. The zero-order valence-corrected chi connectivity index (χ0v) is 8.15. The van der Waals surface area contributed by atoms with E-state index in [1.54, 1.807) is 0 Å². The molecule has 1 heterocycles. The topological polar surface area (TPSA) is 46.2 Å². The summed E-state index contributed by atoms with van der Waals surface area (Å²) < 4.78 is 22.6. The Morgan fingerprint density at radius 1 is 1.50 bits per heavy atom. The highest BCUT2D eigenvalue weighted by molar-refractivity contribution is 7.92. The SMILES string of the molecule is CS(=O)(=O)C12CCC(CNC1)C2. The van der Waals surface area contributed by atoms with E-state index in [9.17, 15) is 8.42 Å². The molecule has 4 heteroatoms. The third kappa shape index (κ3) is 1.09. The molecule has 2 rings (SSSR count). The largest absolute Gasteiger partial charge is 0.315 e. The van der Waals surface area contributed by atoms with E-state index < -0.39 is 14.6 Å². The van der Waals surface area contributed by atoms with Crippen molar-refractivity contribution in [2.75, 3.05) is 19.3 Å². The van der Waals surface area contributed by atoms with Gasteiger partial charge in [-0.3, -0.25) is 0 Å². The zero-order valence-electron chi connectivity index (χ0n) is 7.34. The van der Waals surface area contributed by atoms with Gasteiger partial charge in [-0.1, -0.05) is 0 Å². The lowest BCUT2D eigenvalue weighted by molar-refractivity contribution is 0.388. The molecule has 3 nitrogen and oxygen atoms in total. The maximum Gasteiger partial charge on any atom is 0.154 e. The summed E-state index contributed by atoms with van der Waals surface area (Å²) in [4.78, 5) is 0. The van der Waals surface area contributed by atoms with E-state index in [0.717, 1.165) is 25.8 Å². The summed E-state index contributed by atoms with van der Waals surface area (Å²) in [5.41, 5.74) is 0. The molecule has 2 bridgehead atoms. The Bertz CT molecular complexity index is 281. The average molecular weight is 189 g/mol. The fourth-order valence-corrected chi connectivity index (χ4v) is 3.90. The number of rotatable bonds is 1. The molecule has 1 aliphatic heterocycles. The molecule has 0 radical (unpaired) electrons. The van der Waals surface area contributed by atoms with Crippen LogP contribution in [0.2, 0.25) is 0 Å². The summed E-state index contributed by atoms with van der Waals surface area (Å²) in [6.07, 6.45) is 4.21. The van der Waals surface area contributed by atoms with E-state index in [0.29, 0.717) is 12.5 Å². The van der Waals surface area contributed by atoms with Crippen LogP contribution in [-0.2, 0) is 9.84 Å². The van der Waals surface area contributed by atoms with Crippen molar-refractivity contribution in [1.82, 2.24) is 5.32 Å². The van der Waals surface area contributed by atoms with Crippen LogP contribution in [0.25, 0.3) is 0 Å². The first kappa shape index (κ1) is 8.51. The minimum absolute atomic E-state index is 0.407. The molecule has 0 amide bonds. The fourth-order valence-electron chi connectivity index (χ4n) is 2.50. The summed E-state index contributed by atoms with van der Waals surface area (Å²) in [5.74, 6) is 0.605. The highest BCUT2D eigenvalue weighted by Gasteiger charge is 2.49. The highest BCUT2D eigenvalue weighted by atomic mass is 32.2. The van der Waals surface area contributed by atoms with Crippen molar-refractivity contribution in [2.45, 2.75) is 24.0 Å². The van der Waals surface area contributed by atoms with Crippen LogP contribution in [0.5, 0.6) is 0 Å². The maximum atomic E-state index is 11.5. The van der Waals surface area contributed by atoms with Crippen molar-refractivity contribution in [2.24, 2.45) is 5.92 Å². The van der Waals surface area contributed by atoms with Crippen LogP contribution in [0.15, 0.2) is 0 Å². The Kier molecular flexibility index (Phi) is 1.74. The second-order valence-corrected chi connectivity index (χ2v) is 6.61. The van der Waals surface area contributed by atoms with Crippen LogP contribution < -0.4 is 5.32 Å². The van der Waals surface area contributed by atoms with Gasteiger partial charge >= 0.3 is 0 Å². The molecule has 2 aliphatic rings. The molecule has 2 atom stereocenters. The van der Waals surface area contributed by atoms with E-state index >= 15 is 0 Å². The molecule has 0 aromatic rings. The molecule has 70 valence electrons. The molecule has 1 aliphatic carbocycles. The van der Waals surface area contributed by atoms with E-state index in [4.69, 9.17) is 0 Å². The monoisotopic (exact) mass is 189 g/mol. The first-order valence-corrected chi connectivity index (χ1v) is 6.33. The lowest BCUT2D eigenvalue weighted by Gasteiger charge is -2.31. The van der Waals surface area contributed by atoms with Crippen LogP contribution in [0.3, 0.4) is 0 Å². The minimum Gasteiger partial charge on any atom is -0.315 e. The number of sulfone groups is 1. The van der Waals surface area contributed by atoms with Gasteiger partial charge in [-0.25, -0.2) is 8.42 Å². The number of nitrogens with one attached hydrogen (secondary N) is 1. The van der Waals surface area contributed by atoms with Crippen LogP contribution in [0.1, 0.15) is 19.3 Å². The second-order valence-electron chi connectivity index (χ2n) is 4.19. The van der Waals surface area contributed by atoms with Gasteiger partial charge in [-0.2, -0.15) is 0 Å². The Morgan fingerprint density at radius 2 is 2.25 bits per heavy atom. The van der Waals surface area contributed by atoms with Gasteiger partial charge < -0.3 is 5.32 Å². The standard InChI is InChI=1S/C8H15NO2S/c1-12(10,11)8-3-2-7(4-8)5-9-6-8/h7,9H,2-6H2,1H3. The first-order chi connectivity index (χ1) is 5.54. The van der Waals surface area contributed by atoms with Crippen LogP contribution in [0.4, 0.5) is 0 Å². The first-order valence-electron chi connectivity index (χ1n) is 4.44. The lowest BCUT2D eigenvalue weighted by atomic mass is 10.0. The molecular formula is C8H15NO2S. The van der Waals surface area contributed by atoms with Gasteiger partial charge in [-0.15, -0.1) is 0 Å². The van der Waals surface area contributed by atoms with E-state index in [2.05, 4.69) is 5.32 Å². The van der Waals surface area contributed by atoms with Gasteiger partial charge in [0.2, 0.25) is 0 Å². The van der Waals surface area contributed by atoms with Crippen molar-refractivity contribution >= 4 is 9.84 Å². The van der Waals surface area contributed by atoms with Crippen LogP contribution in [0, 0.1) is 5.92 Å². The zero-order chi connectivity index (χ0) is 8.82. The predicted molar refractivity (Wildman–Crippen MR) is 47.8 cm³/mol. The highest BCUT2D eigenvalue weighted by Crippen LogP contribution is 2.41. The summed E-state index contributed by atoms with van der Waals surface area (Å²) in [7, 11) is -2.86. The maximum absolute atomic E-state index is 11.5. The Hall–Kier alpha value is -0.0900. The molecule has 1 saturated carbocycles. The fraction of sp³-hybridized carbons (Fsp3) is 1.00. The van der Waals surface area contributed by atoms with Crippen molar-refractivity contribution in [3.63, 3.8) is 0 Å². The molecule has 2 unspecified atom stereocenters. The normalized spacial score (nSPS) is 41.6. The van der Waals surface area contributed by atoms with E-state index in [1.165, 1.54) is 6.26 Å². The minimum atomic E-state index is -2.86. The molecule has 0 aromatic carbocycles. The molecule has 1 N–H and O–H groups in total. The molecule has 0 spiro atoms. The van der Waals surface area contributed by atoms with Gasteiger partial charge in [0, 0.05) is 12.8 Å². The summed E-state index contributed by atoms with van der Waals surface area (Å²) >= 11 is 0. The smallest absolute Gasteiger partial charge is 0.154 e. The van der Waals surface area contributed by atoms with Crippen LogP contribution >= 0.6 is 0 Å². The van der Waals surface area contributed by atoms with Crippen molar-refractivity contribution in [3.05, 3.63) is 0 Å². The van der Waals surface area contributed by atoms with Gasteiger partial charge in [-0.05, 0) is 31.7 Å². The molecule has 1 saturated heterocycles. The van der Waals surface area contributed by atoms with Crippen molar-refractivity contribution < 1.29 is 8.42 Å². The van der Waals surface area contributed by atoms with Gasteiger partial charge in [0.1, 0.15) is 0 Å². The van der Waals surface area contributed by atoms with Crippen molar-refractivity contribution in [1.29, 1.82) is 0 Å². The second kappa shape index (κ2) is 2.45. The lowest BCUT2D eigenvalue weighted by Crippen LogP contribution is -2.49. The molecular weight excluding hydrogens is 174 g/mol. The van der Waals surface area contributed by atoms with Gasteiger partial charge in [0.05, 0.1) is 4.75 Å². The number of fused-ring (bicyclic) bond motifs is 2. The molecule has 12 heavy (non-hydrogen) atoms. The predicted octanol–water partition coefficient (Wildman–Crippen LogP) is 0.173. The Balaban J connectivity index is 2.33. The molecule has 2 fully saturated rings. The summed E-state index contributed by atoms with van der Waals surface area (Å²) in [6.45, 7) is 1.68.